The Morgan fingerprint density at radius 2 is 1.83 bits per heavy atom. The molecule has 0 unspecified atom stereocenters. The molecule has 2 aliphatic heterocycles. The Hall–Kier alpha value is -2.40. The van der Waals surface area contributed by atoms with E-state index in [1.54, 1.807) is 19.3 Å². The molecule has 0 radical (unpaired) electrons. The van der Waals surface area contributed by atoms with Crippen LogP contribution in [0.15, 0.2) is 53.5 Å². The highest BCUT2D eigenvalue weighted by molar-refractivity contribution is 5.94. The number of rotatable bonds is 3. The van der Waals surface area contributed by atoms with Gasteiger partial charge in [-0.1, -0.05) is 37.3 Å². The van der Waals surface area contributed by atoms with Crippen LogP contribution < -0.4 is 5.56 Å². The van der Waals surface area contributed by atoms with Crippen molar-refractivity contribution in [3.8, 4) is 0 Å². The average molecular weight is 394 g/mol. The first-order chi connectivity index (χ1) is 14.0. The van der Waals surface area contributed by atoms with E-state index < -0.39 is 0 Å². The molecule has 1 spiro atoms. The number of likely N-dealkylation sites (N-methyl/N-ethyl adjacent to an activating group) is 1. The first kappa shape index (κ1) is 19.9. The highest BCUT2D eigenvalue weighted by Gasteiger charge is 2.42. The number of carbonyl (C=O) groups is 1. The van der Waals surface area contributed by atoms with Gasteiger partial charge in [0.2, 0.25) is 5.56 Å². The lowest BCUT2D eigenvalue weighted by atomic mass is 9.68. The van der Waals surface area contributed by atoms with Gasteiger partial charge in [-0.15, -0.1) is 0 Å². The van der Waals surface area contributed by atoms with Gasteiger partial charge < -0.3 is 14.4 Å². The second-order valence-electron chi connectivity index (χ2n) is 8.80. The second kappa shape index (κ2) is 8.15. The summed E-state index contributed by atoms with van der Waals surface area (Å²) in [7, 11) is 1.69. The van der Waals surface area contributed by atoms with E-state index >= 15 is 0 Å². The van der Waals surface area contributed by atoms with Crippen LogP contribution in [0.4, 0.5) is 0 Å². The van der Waals surface area contributed by atoms with Crippen LogP contribution in [0.25, 0.3) is 0 Å². The van der Waals surface area contributed by atoms with Crippen molar-refractivity contribution in [1.29, 1.82) is 0 Å². The molecule has 154 valence electrons. The standard InChI is InChI=1S/C24H31N3O2/c1-3-26-17-21(19-7-5-4-6-8-19)15-24(18-26)11-13-27(14-12-24)23(29)20-9-10-22(28)25(2)16-20/h4-10,16,21H,3,11-15,17-18H2,1-2H3/t21-/m0/s1. The summed E-state index contributed by atoms with van der Waals surface area (Å²) in [5, 5.41) is 0. The van der Waals surface area contributed by atoms with Crippen molar-refractivity contribution in [2.45, 2.75) is 32.1 Å². The van der Waals surface area contributed by atoms with Gasteiger partial charge in [0.05, 0.1) is 5.56 Å². The summed E-state index contributed by atoms with van der Waals surface area (Å²) in [5.41, 5.74) is 2.24. The monoisotopic (exact) mass is 393 g/mol. The van der Waals surface area contributed by atoms with E-state index in [9.17, 15) is 9.59 Å². The highest BCUT2D eigenvalue weighted by Crippen LogP contribution is 2.45. The molecule has 0 aliphatic carbocycles. The molecule has 29 heavy (non-hydrogen) atoms. The van der Waals surface area contributed by atoms with Crippen LogP contribution in [0.1, 0.15) is 48.0 Å². The third-order valence-corrected chi connectivity index (χ3v) is 6.88. The van der Waals surface area contributed by atoms with Crippen LogP contribution in [0.3, 0.4) is 0 Å². The van der Waals surface area contributed by atoms with Crippen molar-refractivity contribution >= 4 is 5.91 Å². The Balaban J connectivity index is 1.47. The van der Waals surface area contributed by atoms with Crippen LogP contribution in [0, 0.1) is 5.41 Å². The first-order valence-electron chi connectivity index (χ1n) is 10.7. The molecule has 5 nitrogen and oxygen atoms in total. The molecule has 5 heteroatoms. The van der Waals surface area contributed by atoms with Gasteiger partial charge >= 0.3 is 0 Å². The number of pyridine rings is 1. The molecule has 2 aliphatic rings. The summed E-state index contributed by atoms with van der Waals surface area (Å²) in [4.78, 5) is 29.1. The number of nitrogens with zero attached hydrogens (tertiary/aromatic N) is 3. The molecule has 1 amide bonds. The molecule has 0 bridgehead atoms. The van der Waals surface area contributed by atoms with E-state index in [2.05, 4.69) is 42.2 Å². The minimum absolute atomic E-state index is 0.0400. The van der Waals surface area contributed by atoms with Gasteiger partial charge in [-0.2, -0.15) is 0 Å². The Morgan fingerprint density at radius 3 is 2.48 bits per heavy atom. The van der Waals surface area contributed by atoms with E-state index in [1.807, 2.05) is 4.90 Å². The molecule has 3 heterocycles. The first-order valence-corrected chi connectivity index (χ1v) is 10.7. The van der Waals surface area contributed by atoms with Gasteiger partial charge in [-0.25, -0.2) is 0 Å². The van der Waals surface area contributed by atoms with E-state index in [4.69, 9.17) is 0 Å². The highest BCUT2D eigenvalue weighted by atomic mass is 16.2. The average Bonchev–Trinajstić information content (AvgIpc) is 2.76. The van der Waals surface area contributed by atoms with Crippen LogP contribution in [-0.2, 0) is 7.05 Å². The molecule has 0 N–H and O–H groups in total. The lowest BCUT2D eigenvalue weighted by molar-refractivity contribution is 0.0158. The fourth-order valence-corrected chi connectivity index (χ4v) is 5.14. The number of benzene rings is 1. The molecular weight excluding hydrogens is 362 g/mol. The molecule has 1 aromatic carbocycles. The summed E-state index contributed by atoms with van der Waals surface area (Å²) >= 11 is 0. The lowest BCUT2D eigenvalue weighted by Gasteiger charge is -2.50. The maximum atomic E-state index is 12.9. The number of hydrogen-bond acceptors (Lipinski definition) is 3. The molecule has 4 rings (SSSR count). The van der Waals surface area contributed by atoms with Gasteiger partial charge in [0.15, 0.2) is 0 Å². The largest absolute Gasteiger partial charge is 0.339 e. The zero-order chi connectivity index (χ0) is 20.4. The minimum atomic E-state index is -0.0898. The Labute approximate surface area is 172 Å². The topological polar surface area (TPSA) is 45.6 Å². The van der Waals surface area contributed by atoms with Gasteiger partial charge in [0.1, 0.15) is 0 Å². The number of likely N-dealkylation sites (tertiary alicyclic amines) is 2. The predicted octanol–water partition coefficient (Wildman–Crippen LogP) is 3.12. The van der Waals surface area contributed by atoms with Crippen LogP contribution in [0.5, 0.6) is 0 Å². The number of aromatic nitrogens is 1. The van der Waals surface area contributed by atoms with E-state index in [0.717, 1.165) is 45.6 Å². The predicted molar refractivity (Wildman–Crippen MR) is 115 cm³/mol. The van der Waals surface area contributed by atoms with Crippen molar-refractivity contribution in [2.24, 2.45) is 12.5 Å². The van der Waals surface area contributed by atoms with Gasteiger partial charge in [0.25, 0.3) is 5.91 Å². The molecule has 1 atom stereocenters. The molecule has 0 saturated carbocycles. The SMILES string of the molecule is CCN1C[C@@H](c2ccccc2)CC2(CCN(C(=O)c3ccc(=O)n(C)c3)CC2)C1. The fourth-order valence-electron chi connectivity index (χ4n) is 5.14. The van der Waals surface area contributed by atoms with Crippen LogP contribution in [0.2, 0.25) is 0 Å². The second-order valence-corrected chi connectivity index (χ2v) is 8.80. The quantitative estimate of drug-likeness (QED) is 0.805. The third kappa shape index (κ3) is 4.15. The number of piperidine rings is 2. The summed E-state index contributed by atoms with van der Waals surface area (Å²) in [6, 6.07) is 14.0. The van der Waals surface area contributed by atoms with Crippen LogP contribution >= 0.6 is 0 Å². The maximum Gasteiger partial charge on any atom is 0.255 e. The summed E-state index contributed by atoms with van der Waals surface area (Å²) in [6.07, 6.45) is 4.95. The van der Waals surface area contributed by atoms with Crippen molar-refractivity contribution < 1.29 is 4.79 Å². The normalized spacial score (nSPS) is 22.0. The zero-order valence-corrected chi connectivity index (χ0v) is 17.5. The van der Waals surface area contributed by atoms with E-state index in [1.165, 1.54) is 22.6 Å². The summed E-state index contributed by atoms with van der Waals surface area (Å²) in [5.74, 6) is 0.606. The van der Waals surface area contributed by atoms with Crippen LogP contribution in [-0.4, -0.2) is 53.0 Å². The third-order valence-electron chi connectivity index (χ3n) is 6.88. The van der Waals surface area contributed by atoms with Crippen molar-refractivity contribution in [2.75, 3.05) is 32.7 Å². The fraction of sp³-hybridized carbons (Fsp3) is 0.500. The van der Waals surface area contributed by atoms with Gasteiger partial charge in [0, 0.05) is 45.5 Å². The summed E-state index contributed by atoms with van der Waals surface area (Å²) < 4.78 is 1.48. The molecule has 2 aromatic rings. The Kier molecular flexibility index (Phi) is 5.59. The Bertz CT molecular complexity index is 913. The minimum Gasteiger partial charge on any atom is -0.339 e. The van der Waals surface area contributed by atoms with Crippen molar-refractivity contribution in [1.82, 2.24) is 14.4 Å². The Morgan fingerprint density at radius 1 is 1.10 bits per heavy atom. The van der Waals surface area contributed by atoms with Crippen molar-refractivity contribution in [3.63, 3.8) is 0 Å². The molecule has 2 fully saturated rings. The molecule has 1 aromatic heterocycles. The van der Waals surface area contributed by atoms with E-state index in [-0.39, 0.29) is 16.9 Å². The summed E-state index contributed by atoms with van der Waals surface area (Å²) in [6.45, 7) is 7.17. The number of carbonyl (C=O) groups excluding carboxylic acids is 1. The number of hydrogen-bond donors (Lipinski definition) is 0. The van der Waals surface area contributed by atoms with E-state index in [0.29, 0.717) is 11.5 Å². The smallest absolute Gasteiger partial charge is 0.255 e. The van der Waals surface area contributed by atoms with Crippen molar-refractivity contribution in [3.05, 3.63) is 70.1 Å². The van der Waals surface area contributed by atoms with Gasteiger partial charge in [-0.3, -0.25) is 9.59 Å². The molecular formula is C24H31N3O2. The molecule has 2 saturated heterocycles. The number of aryl methyl sites for hydroxylation is 1. The maximum absolute atomic E-state index is 12.9. The zero-order valence-electron chi connectivity index (χ0n) is 17.5. The number of amides is 1. The van der Waals surface area contributed by atoms with Gasteiger partial charge in [-0.05, 0) is 48.8 Å². The lowest BCUT2D eigenvalue weighted by Crippen LogP contribution is -2.52.